The average molecular weight is 364 g/mol. The summed E-state index contributed by atoms with van der Waals surface area (Å²) in [5.41, 5.74) is 2.37. The Morgan fingerprint density at radius 2 is 1.78 bits per heavy atom. The van der Waals surface area contributed by atoms with Gasteiger partial charge in [-0.15, -0.1) is 0 Å². The van der Waals surface area contributed by atoms with E-state index < -0.39 is 17.8 Å². The van der Waals surface area contributed by atoms with E-state index in [9.17, 15) is 9.59 Å². The van der Waals surface area contributed by atoms with Crippen molar-refractivity contribution in [1.82, 2.24) is 0 Å². The lowest BCUT2D eigenvalue weighted by Crippen LogP contribution is -2.26. The predicted octanol–water partition coefficient (Wildman–Crippen LogP) is 4.06. The van der Waals surface area contributed by atoms with Crippen molar-refractivity contribution in [2.75, 3.05) is 11.9 Å². The first-order valence-corrected chi connectivity index (χ1v) is 9.02. The van der Waals surface area contributed by atoms with E-state index in [1.807, 2.05) is 44.2 Å². The standard InChI is InChI=1S/C22H24N2O3/c1-3-16(2)21(18-7-5-4-6-8-18)22(26)27-15-20(25)24-19-11-9-17(10-12-19)13-14-23/h4-12,16,21H,3,13,15H2,1-2H3,(H,24,25)/t16-,21-/m1/s1. The van der Waals surface area contributed by atoms with Crippen molar-refractivity contribution in [2.24, 2.45) is 5.92 Å². The van der Waals surface area contributed by atoms with Gasteiger partial charge in [0.15, 0.2) is 6.61 Å². The van der Waals surface area contributed by atoms with Crippen LogP contribution < -0.4 is 5.32 Å². The van der Waals surface area contributed by atoms with Gasteiger partial charge in [0.2, 0.25) is 0 Å². The molecule has 0 aromatic heterocycles. The monoisotopic (exact) mass is 364 g/mol. The minimum atomic E-state index is -0.396. The van der Waals surface area contributed by atoms with Gasteiger partial charge in [0.1, 0.15) is 0 Å². The number of ether oxygens (including phenoxy) is 1. The molecule has 2 aromatic carbocycles. The lowest BCUT2D eigenvalue weighted by molar-refractivity contribution is -0.150. The van der Waals surface area contributed by atoms with Crippen LogP contribution in [0, 0.1) is 17.2 Å². The fraction of sp³-hybridized carbons (Fsp3) is 0.318. The molecule has 0 radical (unpaired) electrons. The van der Waals surface area contributed by atoms with Gasteiger partial charge in [-0.25, -0.2) is 0 Å². The molecule has 0 spiro atoms. The maximum atomic E-state index is 12.6. The van der Waals surface area contributed by atoms with Crippen molar-refractivity contribution in [3.63, 3.8) is 0 Å². The van der Waals surface area contributed by atoms with Crippen LogP contribution in [-0.2, 0) is 20.7 Å². The largest absolute Gasteiger partial charge is 0.455 e. The van der Waals surface area contributed by atoms with E-state index in [0.29, 0.717) is 12.1 Å². The highest BCUT2D eigenvalue weighted by atomic mass is 16.5. The van der Waals surface area contributed by atoms with Crippen LogP contribution in [0.15, 0.2) is 54.6 Å². The number of nitriles is 1. The molecule has 2 aromatic rings. The Morgan fingerprint density at radius 1 is 1.11 bits per heavy atom. The zero-order valence-corrected chi connectivity index (χ0v) is 15.6. The molecule has 0 saturated carbocycles. The first kappa shape index (κ1) is 20.2. The Balaban J connectivity index is 1.94. The van der Waals surface area contributed by atoms with E-state index >= 15 is 0 Å². The summed E-state index contributed by atoms with van der Waals surface area (Å²) in [6.45, 7) is 3.69. The third-order valence-electron chi connectivity index (χ3n) is 4.49. The molecule has 140 valence electrons. The molecule has 1 N–H and O–H groups in total. The number of esters is 1. The molecule has 1 amide bonds. The Bertz CT molecular complexity index is 795. The second-order valence-corrected chi connectivity index (χ2v) is 6.46. The minimum Gasteiger partial charge on any atom is -0.455 e. The highest BCUT2D eigenvalue weighted by molar-refractivity contribution is 5.93. The molecule has 2 atom stereocenters. The van der Waals surface area contributed by atoms with E-state index in [1.54, 1.807) is 24.3 Å². The van der Waals surface area contributed by atoms with Gasteiger partial charge in [-0.05, 0) is 29.2 Å². The maximum Gasteiger partial charge on any atom is 0.314 e. The van der Waals surface area contributed by atoms with Crippen LogP contribution in [0.25, 0.3) is 0 Å². The van der Waals surface area contributed by atoms with E-state index in [4.69, 9.17) is 10.00 Å². The van der Waals surface area contributed by atoms with Gasteiger partial charge in [0.25, 0.3) is 5.91 Å². The number of nitrogens with one attached hydrogen (secondary N) is 1. The fourth-order valence-electron chi connectivity index (χ4n) is 2.81. The van der Waals surface area contributed by atoms with Crippen molar-refractivity contribution in [3.8, 4) is 6.07 Å². The lowest BCUT2D eigenvalue weighted by atomic mass is 9.86. The lowest BCUT2D eigenvalue weighted by Gasteiger charge is -2.21. The SMILES string of the molecule is CC[C@@H](C)[C@@H](C(=O)OCC(=O)Nc1ccc(CC#N)cc1)c1ccccc1. The number of carbonyl (C=O) groups excluding carboxylic acids is 2. The van der Waals surface area contributed by atoms with Gasteiger partial charge in [-0.1, -0.05) is 62.7 Å². The molecular weight excluding hydrogens is 340 g/mol. The number of hydrogen-bond donors (Lipinski definition) is 1. The Labute approximate surface area is 160 Å². The van der Waals surface area contributed by atoms with Crippen LogP contribution in [-0.4, -0.2) is 18.5 Å². The smallest absolute Gasteiger partial charge is 0.314 e. The summed E-state index contributed by atoms with van der Waals surface area (Å²) in [7, 11) is 0. The summed E-state index contributed by atoms with van der Waals surface area (Å²) >= 11 is 0. The van der Waals surface area contributed by atoms with Crippen molar-refractivity contribution < 1.29 is 14.3 Å². The minimum absolute atomic E-state index is 0.107. The number of benzene rings is 2. The topological polar surface area (TPSA) is 79.2 Å². The summed E-state index contributed by atoms with van der Waals surface area (Å²) in [6, 6.07) is 18.6. The number of rotatable bonds is 8. The molecule has 0 bridgehead atoms. The quantitative estimate of drug-likeness (QED) is 0.716. The highest BCUT2D eigenvalue weighted by Gasteiger charge is 2.27. The van der Waals surface area contributed by atoms with Crippen LogP contribution in [0.3, 0.4) is 0 Å². The van der Waals surface area contributed by atoms with Crippen LogP contribution in [0.1, 0.15) is 37.3 Å². The van der Waals surface area contributed by atoms with E-state index in [2.05, 4.69) is 11.4 Å². The van der Waals surface area contributed by atoms with Crippen molar-refractivity contribution >= 4 is 17.6 Å². The van der Waals surface area contributed by atoms with Gasteiger partial charge < -0.3 is 10.1 Å². The van der Waals surface area contributed by atoms with Crippen LogP contribution in [0.2, 0.25) is 0 Å². The Morgan fingerprint density at radius 3 is 2.37 bits per heavy atom. The Hall–Kier alpha value is -3.13. The summed E-state index contributed by atoms with van der Waals surface area (Å²) < 4.78 is 5.28. The number of amides is 1. The number of hydrogen-bond acceptors (Lipinski definition) is 4. The highest BCUT2D eigenvalue weighted by Crippen LogP contribution is 2.28. The van der Waals surface area contributed by atoms with E-state index in [-0.39, 0.29) is 12.5 Å². The summed E-state index contributed by atoms with van der Waals surface area (Å²) in [4.78, 5) is 24.7. The summed E-state index contributed by atoms with van der Waals surface area (Å²) in [5.74, 6) is -1.08. The van der Waals surface area contributed by atoms with Crippen molar-refractivity contribution in [3.05, 3.63) is 65.7 Å². The predicted molar refractivity (Wildman–Crippen MR) is 104 cm³/mol. The second kappa shape index (κ2) is 10.1. The zero-order chi connectivity index (χ0) is 19.6. The normalized spacial score (nSPS) is 12.5. The fourth-order valence-corrected chi connectivity index (χ4v) is 2.81. The van der Waals surface area contributed by atoms with Gasteiger partial charge in [-0.3, -0.25) is 9.59 Å². The third kappa shape index (κ3) is 5.96. The molecule has 0 heterocycles. The number of carbonyl (C=O) groups is 2. The van der Waals surface area contributed by atoms with Crippen LogP contribution in [0.4, 0.5) is 5.69 Å². The molecule has 0 aliphatic carbocycles. The zero-order valence-electron chi connectivity index (χ0n) is 15.6. The third-order valence-corrected chi connectivity index (χ3v) is 4.49. The molecule has 5 nitrogen and oxygen atoms in total. The first-order valence-electron chi connectivity index (χ1n) is 9.02. The molecule has 0 unspecified atom stereocenters. The van der Waals surface area contributed by atoms with Crippen molar-refractivity contribution in [2.45, 2.75) is 32.6 Å². The van der Waals surface area contributed by atoms with Gasteiger partial charge in [0, 0.05) is 5.69 Å². The van der Waals surface area contributed by atoms with E-state index in [1.165, 1.54) is 0 Å². The molecule has 2 rings (SSSR count). The van der Waals surface area contributed by atoms with Gasteiger partial charge in [0.05, 0.1) is 18.4 Å². The molecule has 5 heteroatoms. The summed E-state index contributed by atoms with van der Waals surface area (Å²) in [5, 5.41) is 11.4. The second-order valence-electron chi connectivity index (χ2n) is 6.46. The van der Waals surface area contributed by atoms with Gasteiger partial charge >= 0.3 is 5.97 Å². The molecule has 0 aliphatic heterocycles. The molecule has 0 saturated heterocycles. The first-order chi connectivity index (χ1) is 13.0. The molecular formula is C22H24N2O3. The molecule has 27 heavy (non-hydrogen) atoms. The number of nitrogens with zero attached hydrogens (tertiary/aromatic N) is 1. The van der Waals surface area contributed by atoms with Crippen LogP contribution >= 0.6 is 0 Å². The van der Waals surface area contributed by atoms with Crippen LogP contribution in [0.5, 0.6) is 0 Å². The van der Waals surface area contributed by atoms with Crippen molar-refractivity contribution in [1.29, 1.82) is 5.26 Å². The average Bonchev–Trinajstić information content (AvgIpc) is 2.69. The number of anilines is 1. The molecule has 0 fully saturated rings. The van der Waals surface area contributed by atoms with Gasteiger partial charge in [-0.2, -0.15) is 5.26 Å². The maximum absolute atomic E-state index is 12.6. The molecule has 0 aliphatic rings. The van der Waals surface area contributed by atoms with E-state index in [0.717, 1.165) is 17.5 Å². The Kier molecular flexibility index (Phi) is 7.57. The summed E-state index contributed by atoms with van der Waals surface area (Å²) in [6.07, 6.45) is 1.15.